The molecule has 8 aliphatic rings. The van der Waals surface area contributed by atoms with Crippen LogP contribution in [0.25, 0.3) is 0 Å². The molecule has 0 radical (unpaired) electrons. The van der Waals surface area contributed by atoms with Crippen molar-refractivity contribution >= 4 is 11.9 Å². The van der Waals surface area contributed by atoms with Crippen molar-refractivity contribution in [3.63, 3.8) is 0 Å². The van der Waals surface area contributed by atoms with Crippen LogP contribution in [-0.2, 0) is 9.59 Å². The van der Waals surface area contributed by atoms with Crippen LogP contribution in [0.1, 0.15) is 285 Å². The third-order valence-corrected chi connectivity index (χ3v) is 20.3. The predicted octanol–water partition coefficient (Wildman–Crippen LogP) is 17.3. The molecule has 8 aliphatic carbocycles. The van der Waals surface area contributed by atoms with Crippen LogP contribution < -0.4 is 0 Å². The first-order valence-corrected chi connectivity index (χ1v) is 31.4. The molecule has 0 aromatic heterocycles. The monoisotopic (exact) mass is 1050 g/mol. The zero-order valence-electron chi connectivity index (χ0n) is 52.1. The van der Waals surface area contributed by atoms with Gasteiger partial charge in [-0.1, -0.05) is 130 Å². The van der Waals surface area contributed by atoms with E-state index in [0.717, 1.165) is 148 Å². The highest BCUT2D eigenvalue weighted by atomic mass is 16.4. The largest absolute Gasteiger partial charge is 0.481 e. The number of aliphatic carboxylic acids is 2. The van der Waals surface area contributed by atoms with E-state index < -0.39 is 11.9 Å². The summed E-state index contributed by atoms with van der Waals surface area (Å²) >= 11 is 0. The number of hydrogen-bond donors (Lipinski definition) is 6. The maximum Gasteiger partial charge on any atom is 0.309 e. The van der Waals surface area contributed by atoms with E-state index in [4.69, 9.17) is 15.3 Å². The molecule has 0 atom stereocenters. The Hall–Kier alpha value is -1.22. The first kappa shape index (κ1) is 70.8. The van der Waals surface area contributed by atoms with Gasteiger partial charge < -0.3 is 30.6 Å². The number of rotatable bonds is 11. The fourth-order valence-corrected chi connectivity index (χ4v) is 11.8. The van der Waals surface area contributed by atoms with Gasteiger partial charge in [-0.3, -0.25) is 9.59 Å². The highest BCUT2D eigenvalue weighted by Gasteiger charge is 2.52. The Balaban J connectivity index is 0.000000426. The van der Waals surface area contributed by atoms with Crippen LogP contribution >= 0.6 is 0 Å². The molecule has 0 bridgehead atoms. The normalized spacial score (nSPS) is 30.7. The minimum atomic E-state index is -0.613. The minimum Gasteiger partial charge on any atom is -0.481 e. The maximum absolute atomic E-state index is 10.6. The van der Waals surface area contributed by atoms with E-state index in [9.17, 15) is 24.9 Å². The topological polar surface area (TPSA) is 156 Å². The van der Waals surface area contributed by atoms with E-state index in [0.29, 0.717) is 23.9 Å². The lowest BCUT2D eigenvalue weighted by atomic mass is 9.75. The van der Waals surface area contributed by atoms with Gasteiger partial charge in [0.25, 0.3) is 0 Å². The van der Waals surface area contributed by atoms with Gasteiger partial charge in [0.1, 0.15) is 0 Å². The standard InChI is InChI=1S/C10H18O2.2C10H20O.C9H18O.C7H12O2.C7H14O.C7H14.C6H12/c1-7(2)8-3-5-9(6-4-8)10(11)12;2*1-8(2)9-4-6-10(3,11)7-5-9;1-7(2)8-3-5-9(10)6-4-8;1-5(2)7(3-4-7)6(8)9;1-6(2)7(5-8)3-4-7;1-6(2)7-4-3-5-7;1-5(2)6-3-4-6/h7-9H,3-6H2,1-2H3,(H,11,12);2*8-9,11H,4-7H2,1-3H3;7-10H,3-6H2,1-2H3;5H,3-4H2,1-2H3,(H,8,9);6,8H,3-5H2,1-2H3;6-7H,3-5H2,1-2H3;5-6H,3-4H2,1-2H3. The van der Waals surface area contributed by atoms with Crippen molar-refractivity contribution in [1.29, 1.82) is 0 Å². The van der Waals surface area contributed by atoms with Crippen LogP contribution in [0, 0.1) is 99.6 Å². The second-order valence-corrected chi connectivity index (χ2v) is 29.0. The first-order chi connectivity index (χ1) is 34.2. The van der Waals surface area contributed by atoms with Gasteiger partial charge in [-0.25, -0.2) is 0 Å². The van der Waals surface area contributed by atoms with Crippen LogP contribution in [0.3, 0.4) is 0 Å². The quantitative estimate of drug-likeness (QED) is 0.119. The number of carboxylic acids is 2. The fourth-order valence-electron chi connectivity index (χ4n) is 11.8. The summed E-state index contributed by atoms with van der Waals surface area (Å²) in [5.74, 6) is 10.3. The molecule has 0 amide bonds. The molecule has 8 heteroatoms. The zero-order chi connectivity index (χ0) is 56.8. The highest BCUT2D eigenvalue weighted by molar-refractivity contribution is 5.78. The van der Waals surface area contributed by atoms with Crippen LogP contribution in [-0.4, -0.2) is 66.5 Å². The maximum atomic E-state index is 10.6. The van der Waals surface area contributed by atoms with E-state index in [1.807, 2.05) is 27.7 Å². The average molecular weight is 1050 g/mol. The smallest absolute Gasteiger partial charge is 0.309 e. The molecule has 0 aliphatic heterocycles. The van der Waals surface area contributed by atoms with Gasteiger partial charge in [0.2, 0.25) is 0 Å². The molecule has 440 valence electrons. The predicted molar refractivity (Wildman–Crippen MR) is 313 cm³/mol. The molecule has 0 aromatic carbocycles. The molecule has 8 fully saturated rings. The van der Waals surface area contributed by atoms with Gasteiger partial charge >= 0.3 is 11.9 Å². The fraction of sp³-hybridized carbons (Fsp3) is 0.970. The summed E-state index contributed by atoms with van der Waals surface area (Å²) in [7, 11) is 0. The Kier molecular flexibility index (Phi) is 32.6. The molecule has 0 heterocycles. The van der Waals surface area contributed by atoms with Gasteiger partial charge in [-0.15, -0.1) is 0 Å². The number of aliphatic hydroxyl groups excluding tert-OH is 2. The van der Waals surface area contributed by atoms with Crippen molar-refractivity contribution in [1.82, 2.24) is 0 Å². The second kappa shape index (κ2) is 34.0. The van der Waals surface area contributed by atoms with E-state index in [2.05, 4.69) is 96.9 Å². The van der Waals surface area contributed by atoms with Gasteiger partial charge in [0, 0.05) is 6.61 Å². The molecule has 74 heavy (non-hydrogen) atoms. The molecule has 0 spiro atoms. The lowest BCUT2D eigenvalue weighted by Gasteiger charge is -2.34. The molecular weight excluding hydrogens is 921 g/mol. The summed E-state index contributed by atoms with van der Waals surface area (Å²) in [5, 5.41) is 54.8. The Morgan fingerprint density at radius 1 is 0.405 bits per heavy atom. The number of carbonyl (C=O) groups is 2. The van der Waals surface area contributed by atoms with Crippen molar-refractivity contribution in [2.75, 3.05) is 6.61 Å². The third-order valence-electron chi connectivity index (χ3n) is 20.3. The molecule has 8 rings (SSSR count). The zero-order valence-corrected chi connectivity index (χ0v) is 52.1. The molecular formula is C66H128O8. The third kappa shape index (κ3) is 28.1. The SMILES string of the molecule is CC(C)C1(C(=O)O)CC1.CC(C)C1(CO)CC1.CC(C)C1CC1.CC(C)C1CCC(C(=O)O)CC1.CC(C)C1CCC(C)(O)CC1.CC(C)C1CCC(C)(O)CC1.CC(C)C1CCC(O)CC1.CC(C)C1CCC1. The number of carboxylic acid groups (broad SMARTS) is 2. The van der Waals surface area contributed by atoms with Gasteiger partial charge in [-0.05, 0) is 243 Å². The van der Waals surface area contributed by atoms with Gasteiger partial charge in [0.05, 0.1) is 28.6 Å². The van der Waals surface area contributed by atoms with Crippen LogP contribution in [0.2, 0.25) is 0 Å². The molecule has 8 saturated carbocycles. The van der Waals surface area contributed by atoms with Crippen molar-refractivity contribution in [2.45, 2.75) is 302 Å². The highest BCUT2D eigenvalue weighted by Crippen LogP contribution is 2.52. The Labute approximate surface area is 459 Å². The van der Waals surface area contributed by atoms with Crippen LogP contribution in [0.15, 0.2) is 0 Å². The van der Waals surface area contributed by atoms with E-state index in [-0.39, 0.29) is 28.6 Å². The van der Waals surface area contributed by atoms with Crippen molar-refractivity contribution < 1.29 is 40.2 Å². The summed E-state index contributed by atoms with van der Waals surface area (Å²) < 4.78 is 0. The van der Waals surface area contributed by atoms with Crippen molar-refractivity contribution in [2.24, 2.45) is 99.6 Å². The van der Waals surface area contributed by atoms with E-state index in [1.54, 1.807) is 0 Å². The first-order valence-electron chi connectivity index (χ1n) is 31.4. The van der Waals surface area contributed by atoms with Gasteiger partial charge in [0.15, 0.2) is 0 Å². The van der Waals surface area contributed by atoms with Crippen LogP contribution in [0.4, 0.5) is 0 Å². The van der Waals surface area contributed by atoms with Crippen LogP contribution in [0.5, 0.6) is 0 Å². The van der Waals surface area contributed by atoms with E-state index in [1.165, 1.54) is 83.5 Å². The molecule has 0 unspecified atom stereocenters. The minimum absolute atomic E-state index is 0.00926. The summed E-state index contributed by atoms with van der Waals surface area (Å²) in [6.07, 6.45) is 29.1. The lowest BCUT2D eigenvalue weighted by molar-refractivity contribution is -0.145. The summed E-state index contributed by atoms with van der Waals surface area (Å²) in [6.45, 7) is 40.0. The molecule has 0 saturated heterocycles. The lowest BCUT2D eigenvalue weighted by Crippen LogP contribution is -2.31. The second-order valence-electron chi connectivity index (χ2n) is 29.0. The number of aliphatic hydroxyl groups is 4. The average Bonchev–Trinajstić information content (AvgIpc) is 4.15. The Bertz CT molecular complexity index is 1410. The Morgan fingerprint density at radius 3 is 0.838 bits per heavy atom. The summed E-state index contributed by atoms with van der Waals surface area (Å²) in [6, 6.07) is 0. The summed E-state index contributed by atoms with van der Waals surface area (Å²) in [4.78, 5) is 21.2. The van der Waals surface area contributed by atoms with Crippen molar-refractivity contribution in [3.05, 3.63) is 0 Å². The summed E-state index contributed by atoms with van der Waals surface area (Å²) in [5.41, 5.74) is -0.698. The van der Waals surface area contributed by atoms with Gasteiger partial charge in [-0.2, -0.15) is 0 Å². The Morgan fingerprint density at radius 2 is 0.689 bits per heavy atom. The number of hydrogen-bond acceptors (Lipinski definition) is 6. The van der Waals surface area contributed by atoms with E-state index >= 15 is 0 Å². The molecule has 8 nitrogen and oxygen atoms in total. The molecule has 6 N–H and O–H groups in total. The molecule has 0 aromatic rings. The van der Waals surface area contributed by atoms with Crippen molar-refractivity contribution in [3.8, 4) is 0 Å².